The van der Waals surface area contributed by atoms with Crippen molar-refractivity contribution in [1.29, 1.82) is 0 Å². The number of likely N-dealkylation sites (N-methyl/N-ethyl adjacent to an activating group) is 1. The molecule has 0 aliphatic carbocycles. The van der Waals surface area contributed by atoms with Gasteiger partial charge in [-0.2, -0.15) is 0 Å². The largest absolute Gasteiger partial charge is 0.482 e. The lowest BCUT2D eigenvalue weighted by Gasteiger charge is -2.34. The third-order valence-electron chi connectivity index (χ3n) is 5.43. The zero-order chi connectivity index (χ0) is 21.4. The molecule has 4 rings (SSSR count). The molecule has 0 saturated carbocycles. The highest BCUT2D eigenvalue weighted by atomic mass is 35.5. The van der Waals surface area contributed by atoms with Crippen molar-refractivity contribution in [1.82, 2.24) is 9.88 Å². The van der Waals surface area contributed by atoms with Gasteiger partial charge in [0.15, 0.2) is 16.6 Å². The van der Waals surface area contributed by atoms with E-state index < -0.39 is 12.2 Å². The Morgan fingerprint density at radius 3 is 2.42 bits per heavy atom. The van der Waals surface area contributed by atoms with Crippen LogP contribution in [0.15, 0.2) is 36.4 Å². The van der Waals surface area contributed by atoms with Crippen LogP contribution >= 0.6 is 23.7 Å². The lowest BCUT2D eigenvalue weighted by molar-refractivity contribution is -0.130. The summed E-state index contributed by atoms with van der Waals surface area (Å²) in [6.07, 6.45) is -1.12. The van der Waals surface area contributed by atoms with E-state index in [1.54, 1.807) is 4.90 Å². The second-order valence-electron chi connectivity index (χ2n) is 7.95. The van der Waals surface area contributed by atoms with E-state index in [1.807, 2.05) is 45.3 Å². The summed E-state index contributed by atoms with van der Waals surface area (Å²) in [4.78, 5) is 22.3. The van der Waals surface area contributed by atoms with Crippen molar-refractivity contribution in [3.63, 3.8) is 0 Å². The number of hydrogen-bond acceptors (Lipinski definition) is 6. The molecule has 3 aromatic rings. The third kappa shape index (κ3) is 4.63. The number of para-hydroxylation sites is 2. The minimum atomic E-state index is -0.725. The van der Waals surface area contributed by atoms with E-state index in [0.717, 1.165) is 22.3 Å². The van der Waals surface area contributed by atoms with Crippen LogP contribution in [0.2, 0.25) is 0 Å². The fourth-order valence-electron chi connectivity index (χ4n) is 3.47. The Morgan fingerprint density at radius 1 is 1.06 bits per heavy atom. The quantitative estimate of drug-likeness (QED) is 0.561. The molecule has 1 aliphatic rings. The highest BCUT2D eigenvalue weighted by Gasteiger charge is 2.38. The number of rotatable bonds is 5. The summed E-state index contributed by atoms with van der Waals surface area (Å²) >= 11 is 1.54. The number of ether oxygens (including phenoxy) is 2. The van der Waals surface area contributed by atoms with Gasteiger partial charge in [-0.25, -0.2) is 4.98 Å². The number of benzene rings is 2. The minimum Gasteiger partial charge on any atom is -0.482 e. The molecule has 2 heterocycles. The molecule has 0 radical (unpaired) electrons. The number of halogens is 1. The normalized spacial score (nSPS) is 17.5. The van der Waals surface area contributed by atoms with Crippen LogP contribution in [0.3, 0.4) is 0 Å². The van der Waals surface area contributed by atoms with Gasteiger partial charge in [-0.3, -0.25) is 9.69 Å². The van der Waals surface area contributed by atoms with Crippen molar-refractivity contribution < 1.29 is 14.3 Å². The van der Waals surface area contributed by atoms with Crippen LogP contribution in [0.5, 0.6) is 11.5 Å². The van der Waals surface area contributed by atoms with Crippen molar-refractivity contribution in [2.45, 2.75) is 33.0 Å². The maximum absolute atomic E-state index is 13.6. The van der Waals surface area contributed by atoms with Gasteiger partial charge in [0.05, 0.1) is 10.2 Å². The summed E-state index contributed by atoms with van der Waals surface area (Å²) < 4.78 is 13.1. The number of carbonyl (C=O) groups is 1. The molecule has 0 N–H and O–H groups in total. The molecule has 1 aliphatic heterocycles. The first kappa shape index (κ1) is 23.3. The second kappa shape index (κ2) is 9.42. The number of carbonyl (C=O) groups excluding carboxylic acids is 1. The van der Waals surface area contributed by atoms with Crippen LogP contribution in [-0.2, 0) is 4.79 Å². The monoisotopic (exact) mass is 461 g/mol. The average molecular weight is 462 g/mol. The fraction of sp³-hybridized carbons (Fsp3) is 0.391. The highest BCUT2D eigenvalue weighted by Crippen LogP contribution is 2.36. The minimum absolute atomic E-state index is 0. The molecule has 0 saturated heterocycles. The molecule has 166 valence electrons. The molecule has 6 nitrogen and oxygen atoms in total. The van der Waals surface area contributed by atoms with E-state index in [1.165, 1.54) is 16.9 Å². The van der Waals surface area contributed by atoms with Crippen LogP contribution in [0.1, 0.15) is 18.1 Å². The number of hydrogen-bond donors (Lipinski definition) is 0. The lowest BCUT2D eigenvalue weighted by Crippen LogP contribution is -2.52. The molecule has 1 amide bonds. The molecule has 2 atom stereocenters. The van der Waals surface area contributed by atoms with E-state index in [-0.39, 0.29) is 18.3 Å². The molecule has 8 heteroatoms. The molecule has 31 heavy (non-hydrogen) atoms. The first-order chi connectivity index (χ1) is 14.3. The third-order valence-corrected chi connectivity index (χ3v) is 6.47. The number of nitrogens with zero attached hydrogens (tertiary/aromatic N) is 3. The van der Waals surface area contributed by atoms with Crippen molar-refractivity contribution in [3.05, 3.63) is 47.5 Å². The molecule has 0 spiro atoms. The van der Waals surface area contributed by atoms with Crippen molar-refractivity contribution >= 4 is 45.0 Å². The average Bonchev–Trinajstić information content (AvgIpc) is 3.14. The van der Waals surface area contributed by atoms with E-state index in [0.29, 0.717) is 23.2 Å². The number of aryl methyl sites for hydroxylation is 2. The topological polar surface area (TPSA) is 54.9 Å². The number of fused-ring (bicyclic) bond motifs is 2. The molecular formula is C23H28ClN3O3S. The summed E-state index contributed by atoms with van der Waals surface area (Å²) in [5.74, 6) is 1.13. The molecule has 2 aromatic carbocycles. The number of thiazole rings is 1. The van der Waals surface area contributed by atoms with Crippen LogP contribution < -0.4 is 14.4 Å². The van der Waals surface area contributed by atoms with Gasteiger partial charge in [0, 0.05) is 13.1 Å². The van der Waals surface area contributed by atoms with Gasteiger partial charge < -0.3 is 14.4 Å². The Balaban J connectivity index is 0.00000272. The van der Waals surface area contributed by atoms with E-state index in [9.17, 15) is 4.79 Å². The van der Waals surface area contributed by atoms with E-state index in [4.69, 9.17) is 14.5 Å². The number of anilines is 1. The summed E-state index contributed by atoms with van der Waals surface area (Å²) in [5, 5.41) is 0.695. The van der Waals surface area contributed by atoms with Crippen molar-refractivity contribution in [2.75, 3.05) is 32.1 Å². The van der Waals surface area contributed by atoms with Crippen molar-refractivity contribution in [3.8, 4) is 11.5 Å². The fourth-order valence-corrected chi connectivity index (χ4v) is 4.53. The lowest BCUT2D eigenvalue weighted by atomic mass is 10.1. The van der Waals surface area contributed by atoms with E-state index in [2.05, 4.69) is 30.9 Å². The smallest absolute Gasteiger partial charge is 0.273 e. The predicted octanol–water partition coefficient (Wildman–Crippen LogP) is 4.46. The van der Waals surface area contributed by atoms with Crippen LogP contribution in [0.4, 0.5) is 5.13 Å². The maximum Gasteiger partial charge on any atom is 0.273 e. The van der Waals surface area contributed by atoms with Crippen molar-refractivity contribution in [2.24, 2.45) is 0 Å². The van der Waals surface area contributed by atoms with Gasteiger partial charge in [-0.1, -0.05) is 29.5 Å². The van der Waals surface area contributed by atoms with Crippen LogP contribution in [-0.4, -0.2) is 55.2 Å². The highest BCUT2D eigenvalue weighted by molar-refractivity contribution is 7.22. The molecular weight excluding hydrogens is 434 g/mol. The van der Waals surface area contributed by atoms with Gasteiger partial charge in [0.1, 0.15) is 6.10 Å². The maximum atomic E-state index is 13.6. The summed E-state index contributed by atoms with van der Waals surface area (Å²) in [6.45, 7) is 7.27. The SMILES string of the molecule is Cc1ccc2sc(N(CCN(C)C)C(=O)C3Oc4ccccc4OC3C)nc2c1C.Cl. The summed E-state index contributed by atoms with van der Waals surface area (Å²) in [5.41, 5.74) is 3.30. The van der Waals surface area contributed by atoms with E-state index >= 15 is 0 Å². The zero-order valence-electron chi connectivity index (χ0n) is 18.4. The zero-order valence-corrected chi connectivity index (χ0v) is 20.0. The first-order valence-electron chi connectivity index (χ1n) is 10.1. The number of amides is 1. The number of aromatic nitrogens is 1. The summed E-state index contributed by atoms with van der Waals surface area (Å²) in [6, 6.07) is 11.6. The van der Waals surface area contributed by atoms with Gasteiger partial charge >= 0.3 is 0 Å². The van der Waals surface area contributed by atoms with Gasteiger partial charge in [0.25, 0.3) is 5.91 Å². The van der Waals surface area contributed by atoms with Crippen LogP contribution in [0, 0.1) is 13.8 Å². The van der Waals surface area contributed by atoms with Gasteiger partial charge in [-0.05, 0) is 64.2 Å². The Hall–Kier alpha value is -2.35. The Bertz CT molecular complexity index is 1090. The molecule has 1 aromatic heterocycles. The van der Waals surface area contributed by atoms with Crippen LogP contribution in [0.25, 0.3) is 10.2 Å². The molecule has 2 unspecified atom stereocenters. The summed E-state index contributed by atoms with van der Waals surface area (Å²) in [7, 11) is 3.99. The predicted molar refractivity (Wildman–Crippen MR) is 128 cm³/mol. The second-order valence-corrected chi connectivity index (χ2v) is 8.96. The standard InChI is InChI=1S/C23H27N3O3S.ClH/c1-14-10-11-19-20(15(14)2)24-23(30-19)26(13-12-25(4)5)22(27)21-16(3)28-17-8-6-7-9-18(17)29-21;/h6-11,16,21H,12-13H2,1-5H3;1H. The Kier molecular flexibility index (Phi) is 7.09. The Morgan fingerprint density at radius 2 is 1.74 bits per heavy atom. The first-order valence-corrected chi connectivity index (χ1v) is 10.9. The van der Waals surface area contributed by atoms with Gasteiger partial charge in [-0.15, -0.1) is 12.4 Å². The molecule has 0 fully saturated rings. The van der Waals surface area contributed by atoms with Gasteiger partial charge in [0.2, 0.25) is 6.10 Å². The molecule has 0 bridgehead atoms. The Labute approximate surface area is 193 Å².